The van der Waals surface area contributed by atoms with E-state index in [0.717, 1.165) is 29.9 Å². The lowest BCUT2D eigenvalue weighted by Crippen LogP contribution is -2.46. The second-order valence-corrected chi connectivity index (χ2v) is 10.9. The molecule has 7 nitrogen and oxygen atoms in total. The number of amides is 2. The van der Waals surface area contributed by atoms with E-state index in [1.165, 1.54) is 23.1 Å². The van der Waals surface area contributed by atoms with Crippen LogP contribution in [0.25, 0.3) is 0 Å². The number of ether oxygens (including phenoxy) is 1. The number of aromatic nitrogens is 1. The van der Waals surface area contributed by atoms with Crippen LogP contribution in [0.5, 0.6) is 0 Å². The van der Waals surface area contributed by atoms with Gasteiger partial charge in [-0.05, 0) is 52.4 Å². The number of anilines is 1. The van der Waals surface area contributed by atoms with Crippen molar-refractivity contribution in [3.8, 4) is 0 Å². The van der Waals surface area contributed by atoms with Crippen molar-refractivity contribution in [2.45, 2.75) is 75.7 Å². The molecule has 0 aromatic carbocycles. The van der Waals surface area contributed by atoms with E-state index in [0.29, 0.717) is 30.0 Å². The molecule has 0 radical (unpaired) electrons. The molecule has 9 heteroatoms. The fourth-order valence-corrected chi connectivity index (χ4v) is 5.11. The summed E-state index contributed by atoms with van der Waals surface area (Å²) in [5.74, 6) is 0.387. The SMILES string of the molecule is CC1CCC(N(CCOC(C)(C)C)C(=O)Nc2ncc(SCCC(=O)O)s2)CC1. The molecular weight excluding hydrogens is 410 g/mol. The predicted octanol–water partition coefficient (Wildman–Crippen LogP) is 4.94. The van der Waals surface area contributed by atoms with Crippen LogP contribution in [0.1, 0.15) is 59.8 Å². The van der Waals surface area contributed by atoms with E-state index in [1.807, 2.05) is 25.7 Å². The zero-order valence-electron chi connectivity index (χ0n) is 17.8. The Bertz CT molecular complexity index is 667. The highest BCUT2D eigenvalue weighted by Crippen LogP contribution is 2.30. The smallest absolute Gasteiger partial charge is 0.323 e. The molecule has 1 aliphatic rings. The molecule has 1 fully saturated rings. The molecule has 0 bridgehead atoms. The number of rotatable bonds is 9. The summed E-state index contributed by atoms with van der Waals surface area (Å²) in [5, 5.41) is 12.2. The third-order valence-corrected chi connectivity index (χ3v) is 6.92. The Labute approximate surface area is 181 Å². The Morgan fingerprint density at radius 2 is 2.03 bits per heavy atom. The lowest BCUT2D eigenvalue weighted by molar-refractivity contribution is -0.136. The second kappa shape index (κ2) is 11.2. The number of thioether (sulfide) groups is 1. The van der Waals surface area contributed by atoms with Crippen molar-refractivity contribution in [3.63, 3.8) is 0 Å². The van der Waals surface area contributed by atoms with E-state index in [-0.39, 0.29) is 24.1 Å². The van der Waals surface area contributed by atoms with E-state index in [9.17, 15) is 9.59 Å². The molecule has 0 spiro atoms. The van der Waals surface area contributed by atoms with Gasteiger partial charge in [0.1, 0.15) is 0 Å². The molecule has 1 aliphatic carbocycles. The van der Waals surface area contributed by atoms with Gasteiger partial charge in [-0.25, -0.2) is 9.78 Å². The first-order valence-electron chi connectivity index (χ1n) is 10.2. The number of carboxylic acid groups (broad SMARTS) is 1. The van der Waals surface area contributed by atoms with Crippen LogP contribution in [0.3, 0.4) is 0 Å². The maximum atomic E-state index is 13.0. The van der Waals surface area contributed by atoms with Crippen LogP contribution in [-0.4, -0.2) is 57.5 Å². The van der Waals surface area contributed by atoms with E-state index < -0.39 is 5.97 Å². The number of aliphatic carboxylic acids is 1. The van der Waals surface area contributed by atoms with Gasteiger partial charge in [-0.15, -0.1) is 11.8 Å². The molecule has 1 aromatic rings. The van der Waals surface area contributed by atoms with Crippen LogP contribution in [-0.2, 0) is 9.53 Å². The van der Waals surface area contributed by atoms with Crippen molar-refractivity contribution in [1.29, 1.82) is 0 Å². The Kier molecular flexibility index (Phi) is 9.23. The minimum absolute atomic E-state index is 0.103. The Balaban J connectivity index is 1.95. The minimum atomic E-state index is -0.814. The van der Waals surface area contributed by atoms with Crippen LogP contribution in [0.15, 0.2) is 10.4 Å². The second-order valence-electron chi connectivity index (χ2n) is 8.47. The molecular formula is C20H33N3O4S2. The highest BCUT2D eigenvalue weighted by Gasteiger charge is 2.28. The summed E-state index contributed by atoms with van der Waals surface area (Å²) >= 11 is 2.81. The maximum Gasteiger partial charge on any atom is 0.323 e. The summed E-state index contributed by atoms with van der Waals surface area (Å²) in [4.78, 5) is 29.8. The monoisotopic (exact) mass is 443 g/mol. The lowest BCUT2D eigenvalue weighted by Gasteiger charge is -2.36. The van der Waals surface area contributed by atoms with E-state index >= 15 is 0 Å². The number of urea groups is 1. The quantitative estimate of drug-likeness (QED) is 0.525. The maximum absolute atomic E-state index is 13.0. The van der Waals surface area contributed by atoms with Gasteiger partial charge in [0, 0.05) is 18.3 Å². The van der Waals surface area contributed by atoms with Gasteiger partial charge in [-0.1, -0.05) is 18.3 Å². The molecule has 2 amide bonds. The number of nitrogens with zero attached hydrogens (tertiary/aromatic N) is 2. The number of carboxylic acids is 1. The molecule has 2 rings (SSSR count). The molecule has 164 valence electrons. The fourth-order valence-electron chi connectivity index (χ4n) is 3.24. The summed E-state index contributed by atoms with van der Waals surface area (Å²) in [6, 6.07) is 0.0811. The molecule has 0 aliphatic heterocycles. The van der Waals surface area contributed by atoms with E-state index in [1.54, 1.807) is 6.20 Å². The van der Waals surface area contributed by atoms with Gasteiger partial charge >= 0.3 is 12.0 Å². The van der Waals surface area contributed by atoms with Gasteiger partial charge < -0.3 is 14.7 Å². The highest BCUT2D eigenvalue weighted by atomic mass is 32.2. The number of hydrogen-bond acceptors (Lipinski definition) is 6. The normalized spacial score (nSPS) is 19.7. The molecule has 0 unspecified atom stereocenters. The number of thiazole rings is 1. The van der Waals surface area contributed by atoms with E-state index in [2.05, 4.69) is 17.2 Å². The van der Waals surface area contributed by atoms with Crippen molar-refractivity contribution in [1.82, 2.24) is 9.88 Å². The predicted molar refractivity (Wildman–Crippen MR) is 118 cm³/mol. The van der Waals surface area contributed by atoms with Crippen molar-refractivity contribution in [2.75, 3.05) is 24.2 Å². The average molecular weight is 444 g/mol. The average Bonchev–Trinajstić information content (AvgIpc) is 3.05. The number of hydrogen-bond donors (Lipinski definition) is 2. The van der Waals surface area contributed by atoms with Crippen molar-refractivity contribution in [2.24, 2.45) is 5.92 Å². The highest BCUT2D eigenvalue weighted by molar-refractivity contribution is 8.01. The lowest BCUT2D eigenvalue weighted by atomic mass is 9.86. The third kappa shape index (κ3) is 8.92. The van der Waals surface area contributed by atoms with Crippen molar-refractivity contribution in [3.05, 3.63) is 6.20 Å². The summed E-state index contributed by atoms with van der Waals surface area (Å²) in [5.41, 5.74) is -0.236. The van der Waals surface area contributed by atoms with E-state index in [4.69, 9.17) is 9.84 Å². The zero-order chi connectivity index (χ0) is 21.4. The van der Waals surface area contributed by atoms with Crippen molar-refractivity contribution < 1.29 is 19.4 Å². The summed E-state index contributed by atoms with van der Waals surface area (Å²) in [7, 11) is 0. The van der Waals surface area contributed by atoms with Crippen molar-refractivity contribution >= 4 is 40.2 Å². The summed E-state index contributed by atoms with van der Waals surface area (Å²) < 4.78 is 6.75. The molecule has 1 aromatic heterocycles. The largest absolute Gasteiger partial charge is 0.481 e. The fraction of sp³-hybridized carbons (Fsp3) is 0.750. The molecule has 0 atom stereocenters. The van der Waals surface area contributed by atoms with Gasteiger partial charge in [0.15, 0.2) is 5.13 Å². The number of carbonyl (C=O) groups is 2. The van der Waals surface area contributed by atoms with Gasteiger partial charge in [-0.3, -0.25) is 10.1 Å². The molecule has 1 saturated carbocycles. The Morgan fingerprint density at radius 3 is 2.66 bits per heavy atom. The minimum Gasteiger partial charge on any atom is -0.481 e. The van der Waals surface area contributed by atoms with Crippen LogP contribution in [0.2, 0.25) is 0 Å². The van der Waals surface area contributed by atoms with Gasteiger partial charge in [-0.2, -0.15) is 0 Å². The van der Waals surface area contributed by atoms with Gasteiger partial charge in [0.05, 0.1) is 29.0 Å². The zero-order valence-corrected chi connectivity index (χ0v) is 19.4. The molecule has 0 saturated heterocycles. The van der Waals surface area contributed by atoms with Crippen LogP contribution in [0, 0.1) is 5.92 Å². The first-order valence-corrected chi connectivity index (χ1v) is 12.0. The number of carbonyl (C=O) groups excluding carboxylic acids is 1. The summed E-state index contributed by atoms with van der Waals surface area (Å²) in [6.07, 6.45) is 6.08. The Hall–Kier alpha value is -1.32. The summed E-state index contributed by atoms with van der Waals surface area (Å²) in [6.45, 7) is 9.35. The molecule has 2 N–H and O–H groups in total. The standard InChI is InChI=1S/C20H33N3O4S2/c1-14-5-7-15(8-6-14)23(10-11-27-20(2,3)4)19(26)22-18-21-13-17(29-18)28-12-9-16(24)25/h13-15H,5-12H2,1-4H3,(H,24,25)(H,21,22,26). The van der Waals surface area contributed by atoms with Crippen LogP contribution in [0.4, 0.5) is 9.93 Å². The van der Waals surface area contributed by atoms with Crippen LogP contribution >= 0.6 is 23.1 Å². The first kappa shape index (κ1) is 24.0. The Morgan fingerprint density at radius 1 is 1.34 bits per heavy atom. The number of nitrogens with one attached hydrogen (secondary N) is 1. The molecule has 1 heterocycles. The van der Waals surface area contributed by atoms with Gasteiger partial charge in [0.2, 0.25) is 0 Å². The third-order valence-electron chi connectivity index (χ3n) is 4.81. The first-order chi connectivity index (χ1) is 13.6. The molecule has 29 heavy (non-hydrogen) atoms. The topological polar surface area (TPSA) is 91.8 Å². The van der Waals surface area contributed by atoms with Crippen LogP contribution < -0.4 is 5.32 Å². The van der Waals surface area contributed by atoms with Gasteiger partial charge in [0.25, 0.3) is 0 Å².